The molecule has 60 heavy (non-hydrogen) atoms. The average Bonchev–Trinajstić information content (AvgIpc) is 3.21. The number of halogens is 8. The van der Waals surface area contributed by atoms with E-state index in [0.717, 1.165) is 18.2 Å². The number of esters is 2. The zero-order valence-corrected chi connectivity index (χ0v) is 32.1. The van der Waals surface area contributed by atoms with Crippen LogP contribution in [-0.2, 0) is 51.2 Å². The number of likely N-dealkylation sites (tertiary alicyclic amines) is 1. The zero-order chi connectivity index (χ0) is 43.6. The summed E-state index contributed by atoms with van der Waals surface area (Å²) in [6.45, 7) is 2.42. The van der Waals surface area contributed by atoms with Gasteiger partial charge in [0.25, 0.3) is 5.56 Å². The Morgan fingerprint density at radius 2 is 1.45 bits per heavy atom. The summed E-state index contributed by atoms with van der Waals surface area (Å²) >= 11 is 0. The van der Waals surface area contributed by atoms with Gasteiger partial charge in [-0.05, 0) is 85.7 Å². The molecule has 0 N–H and O–H groups in total. The molecule has 6 rings (SSSR count). The SMILES string of the molecule is CC(C)(C(=O)OC(=O)C(F)(F)F)N1CCC(N(Cc2ccc(-c3ccc(C(F)(F)F)cc3)cc2)C(=O)Cn2c(CCc3cccc(F)c3F)nc(=O)c3cccnc32)CC1. The molecule has 3 aromatic carbocycles. The first-order valence-corrected chi connectivity index (χ1v) is 18.7. The fourth-order valence-electron chi connectivity index (χ4n) is 7.11. The number of aryl methyl sites for hydroxylation is 2. The maximum atomic E-state index is 14.6. The Morgan fingerprint density at radius 1 is 0.817 bits per heavy atom. The Balaban J connectivity index is 1.29. The minimum atomic E-state index is -5.38. The molecule has 0 bridgehead atoms. The second-order valence-corrected chi connectivity index (χ2v) is 14.8. The van der Waals surface area contributed by atoms with Crippen LogP contribution < -0.4 is 5.56 Å². The second-order valence-electron chi connectivity index (χ2n) is 14.8. The van der Waals surface area contributed by atoms with Gasteiger partial charge in [0.1, 0.15) is 23.6 Å². The van der Waals surface area contributed by atoms with Crippen LogP contribution >= 0.6 is 0 Å². The Morgan fingerprint density at radius 3 is 2.07 bits per heavy atom. The Bertz CT molecular complexity index is 2440. The number of carbonyl (C=O) groups is 3. The lowest BCUT2D eigenvalue weighted by atomic mass is 9.95. The number of fused-ring (bicyclic) bond motifs is 1. The molecule has 2 aromatic heterocycles. The summed E-state index contributed by atoms with van der Waals surface area (Å²) in [5, 5.41) is 0.0998. The number of hydrogen-bond acceptors (Lipinski definition) is 8. The monoisotopic (exact) mass is 843 g/mol. The second kappa shape index (κ2) is 17.3. The Kier molecular flexibility index (Phi) is 12.5. The van der Waals surface area contributed by atoms with Crippen molar-refractivity contribution >= 4 is 28.9 Å². The van der Waals surface area contributed by atoms with E-state index in [9.17, 15) is 54.3 Å². The van der Waals surface area contributed by atoms with Gasteiger partial charge < -0.3 is 14.2 Å². The molecule has 316 valence electrons. The van der Waals surface area contributed by atoms with Crippen LogP contribution in [0.2, 0.25) is 0 Å². The molecule has 0 atom stereocenters. The minimum Gasteiger partial charge on any atom is -0.385 e. The summed E-state index contributed by atoms with van der Waals surface area (Å²) in [5.41, 5.74) is -1.22. The van der Waals surface area contributed by atoms with Gasteiger partial charge >= 0.3 is 24.3 Å². The van der Waals surface area contributed by atoms with Crippen molar-refractivity contribution in [3.05, 3.63) is 130 Å². The number of amides is 1. The predicted octanol–water partition coefficient (Wildman–Crippen LogP) is 7.44. The van der Waals surface area contributed by atoms with E-state index in [1.165, 1.54) is 61.0 Å². The number of pyridine rings is 1. The fraction of sp³-hybridized carbons (Fsp3) is 0.333. The highest BCUT2D eigenvalue weighted by Crippen LogP contribution is 2.32. The molecular weight excluding hydrogens is 806 g/mol. The molecule has 1 fully saturated rings. The van der Waals surface area contributed by atoms with E-state index in [4.69, 9.17) is 0 Å². The first-order valence-electron chi connectivity index (χ1n) is 18.7. The van der Waals surface area contributed by atoms with Gasteiger partial charge in [-0.1, -0.05) is 48.5 Å². The number of alkyl halides is 6. The summed E-state index contributed by atoms with van der Waals surface area (Å²) < 4.78 is 112. The third kappa shape index (κ3) is 9.70. The number of ether oxygens (including phenoxy) is 1. The molecule has 18 heteroatoms. The van der Waals surface area contributed by atoms with Crippen LogP contribution in [0.15, 0.2) is 89.9 Å². The van der Waals surface area contributed by atoms with E-state index in [-0.39, 0.29) is 67.7 Å². The molecule has 1 saturated heterocycles. The first kappa shape index (κ1) is 43.5. The van der Waals surface area contributed by atoms with Gasteiger partial charge in [-0.2, -0.15) is 31.3 Å². The fourth-order valence-corrected chi connectivity index (χ4v) is 7.11. The number of hydrogen-bond donors (Lipinski definition) is 0. The van der Waals surface area contributed by atoms with Crippen LogP contribution in [0.4, 0.5) is 35.1 Å². The van der Waals surface area contributed by atoms with E-state index in [1.807, 2.05) is 0 Å². The van der Waals surface area contributed by atoms with Crippen molar-refractivity contribution in [1.82, 2.24) is 24.3 Å². The van der Waals surface area contributed by atoms with Gasteiger partial charge in [0.15, 0.2) is 11.6 Å². The molecule has 3 heterocycles. The van der Waals surface area contributed by atoms with Crippen LogP contribution in [0, 0.1) is 11.6 Å². The zero-order valence-electron chi connectivity index (χ0n) is 32.1. The van der Waals surface area contributed by atoms with Gasteiger partial charge in [0.2, 0.25) is 5.91 Å². The maximum absolute atomic E-state index is 14.6. The molecule has 1 aliphatic heterocycles. The average molecular weight is 844 g/mol. The number of aromatic nitrogens is 3. The topological polar surface area (TPSA) is 115 Å². The van der Waals surface area contributed by atoms with E-state index in [1.54, 1.807) is 34.1 Å². The smallest absolute Gasteiger partial charge is 0.385 e. The summed E-state index contributed by atoms with van der Waals surface area (Å²) in [4.78, 5) is 63.5. The normalized spacial score (nSPS) is 14.3. The highest BCUT2D eigenvalue weighted by atomic mass is 19.4. The van der Waals surface area contributed by atoms with Crippen molar-refractivity contribution in [3.8, 4) is 11.1 Å². The van der Waals surface area contributed by atoms with Gasteiger partial charge in [-0.3, -0.25) is 14.5 Å². The van der Waals surface area contributed by atoms with Gasteiger partial charge in [-0.25, -0.2) is 23.4 Å². The highest BCUT2D eigenvalue weighted by Gasteiger charge is 2.47. The van der Waals surface area contributed by atoms with E-state index in [2.05, 4.69) is 14.7 Å². The van der Waals surface area contributed by atoms with Crippen LogP contribution in [0.5, 0.6) is 0 Å². The maximum Gasteiger partial charge on any atom is 0.491 e. The van der Waals surface area contributed by atoms with Crippen molar-refractivity contribution in [2.45, 2.75) is 76.6 Å². The van der Waals surface area contributed by atoms with E-state index in [0.29, 0.717) is 16.7 Å². The standard InChI is InChI=1S/C42H37F8N5O5/c1-40(2,38(58)60-39(59)42(48,49)50)53-21-18-30(19-22-53)54(23-25-8-10-26(11-9-25)27-12-15-29(16-13-27)41(45,46)47)34(56)24-55-33(17-14-28-5-3-7-32(43)35(28)44)52-37(57)31-6-4-20-51-36(31)55/h3-13,15-16,20,30H,14,17-19,21-24H2,1-2H3. The van der Waals surface area contributed by atoms with Gasteiger partial charge in [-0.15, -0.1) is 0 Å². The van der Waals surface area contributed by atoms with E-state index < -0.39 is 71.1 Å². The largest absolute Gasteiger partial charge is 0.491 e. The van der Waals surface area contributed by atoms with Crippen molar-refractivity contribution in [1.29, 1.82) is 0 Å². The molecule has 0 saturated carbocycles. The number of rotatable bonds is 11. The minimum absolute atomic E-state index is 0.00510. The van der Waals surface area contributed by atoms with Crippen molar-refractivity contribution < 1.29 is 54.2 Å². The summed E-state index contributed by atoms with van der Waals surface area (Å²) in [6, 6.07) is 17.6. The lowest BCUT2D eigenvalue weighted by Gasteiger charge is -2.44. The van der Waals surface area contributed by atoms with Crippen LogP contribution in [0.1, 0.15) is 49.2 Å². The molecule has 10 nitrogen and oxygen atoms in total. The number of carbonyl (C=O) groups excluding carboxylic acids is 3. The van der Waals surface area contributed by atoms with Crippen molar-refractivity contribution in [2.75, 3.05) is 13.1 Å². The molecule has 0 spiro atoms. The van der Waals surface area contributed by atoms with Crippen molar-refractivity contribution in [2.24, 2.45) is 0 Å². The predicted molar refractivity (Wildman–Crippen MR) is 201 cm³/mol. The molecule has 0 unspecified atom stereocenters. The molecule has 0 radical (unpaired) electrons. The van der Waals surface area contributed by atoms with Gasteiger partial charge in [0, 0.05) is 38.3 Å². The number of piperidine rings is 1. The summed E-state index contributed by atoms with van der Waals surface area (Å²) in [6.07, 6.45) is -8.21. The highest BCUT2D eigenvalue weighted by molar-refractivity contribution is 5.92. The van der Waals surface area contributed by atoms with Crippen LogP contribution in [0.25, 0.3) is 22.2 Å². The summed E-state index contributed by atoms with van der Waals surface area (Å²) in [7, 11) is 0. The number of nitrogens with zero attached hydrogens (tertiary/aromatic N) is 5. The molecule has 1 aliphatic rings. The third-order valence-corrected chi connectivity index (χ3v) is 10.5. The van der Waals surface area contributed by atoms with Crippen molar-refractivity contribution in [3.63, 3.8) is 0 Å². The lowest BCUT2D eigenvalue weighted by molar-refractivity contribution is -0.205. The molecule has 0 aliphatic carbocycles. The first-order chi connectivity index (χ1) is 28.2. The van der Waals surface area contributed by atoms with Crippen LogP contribution in [-0.4, -0.2) is 73.0 Å². The van der Waals surface area contributed by atoms with E-state index >= 15 is 0 Å². The molecule has 5 aromatic rings. The number of benzene rings is 3. The quantitative estimate of drug-likeness (QED) is 0.0766. The third-order valence-electron chi connectivity index (χ3n) is 10.5. The lowest BCUT2D eigenvalue weighted by Crippen LogP contribution is -2.57. The van der Waals surface area contributed by atoms with Crippen LogP contribution in [0.3, 0.4) is 0 Å². The molecule has 1 amide bonds. The van der Waals surface area contributed by atoms with Gasteiger partial charge in [0.05, 0.1) is 10.9 Å². The molecular formula is C42H37F8N5O5. The Hall–Kier alpha value is -6.04. The summed E-state index contributed by atoms with van der Waals surface area (Å²) in [5.74, 6) is -6.57. The Labute approximate surface area is 337 Å².